The molecule has 0 spiro atoms. The first-order chi connectivity index (χ1) is 10.8. The third kappa shape index (κ3) is 4.24. The molecule has 2 unspecified atom stereocenters. The summed E-state index contributed by atoms with van der Waals surface area (Å²) in [4.78, 5) is 26.2. The highest BCUT2D eigenvalue weighted by molar-refractivity contribution is 6.30. The number of amides is 2. The van der Waals surface area contributed by atoms with Crippen molar-refractivity contribution in [2.75, 3.05) is 19.6 Å². The average Bonchev–Trinajstić information content (AvgIpc) is 2.52. The maximum Gasteiger partial charge on any atom is 0.242 e. The number of rotatable bonds is 5. The van der Waals surface area contributed by atoms with E-state index in [0.717, 1.165) is 25.9 Å². The Balaban J connectivity index is 2.08. The van der Waals surface area contributed by atoms with Crippen molar-refractivity contribution in [1.29, 1.82) is 0 Å². The molecule has 1 fully saturated rings. The van der Waals surface area contributed by atoms with E-state index in [9.17, 15) is 9.59 Å². The van der Waals surface area contributed by atoms with Crippen LogP contribution in [0.4, 0.5) is 0 Å². The van der Waals surface area contributed by atoms with Crippen LogP contribution in [-0.4, -0.2) is 36.3 Å². The van der Waals surface area contributed by atoms with Crippen LogP contribution in [0.3, 0.4) is 0 Å². The Morgan fingerprint density at radius 2 is 2.22 bits per heavy atom. The van der Waals surface area contributed by atoms with Gasteiger partial charge in [0, 0.05) is 18.1 Å². The van der Waals surface area contributed by atoms with E-state index < -0.39 is 11.4 Å². The van der Waals surface area contributed by atoms with Crippen molar-refractivity contribution in [3.8, 4) is 0 Å². The van der Waals surface area contributed by atoms with Crippen molar-refractivity contribution in [3.05, 3.63) is 34.9 Å². The van der Waals surface area contributed by atoms with Gasteiger partial charge in [-0.2, -0.15) is 0 Å². The lowest BCUT2D eigenvalue weighted by Crippen LogP contribution is -2.54. The van der Waals surface area contributed by atoms with Gasteiger partial charge in [0.15, 0.2) is 0 Å². The Hall–Kier alpha value is -1.59. The number of likely N-dealkylation sites (tertiary alicyclic amines) is 1. The summed E-state index contributed by atoms with van der Waals surface area (Å²) in [5.74, 6) is -0.0335. The first kappa shape index (κ1) is 17.8. The van der Waals surface area contributed by atoms with Crippen molar-refractivity contribution in [1.82, 2.24) is 10.2 Å². The Kier molecular flexibility index (Phi) is 5.65. The van der Waals surface area contributed by atoms with Gasteiger partial charge in [-0.1, -0.05) is 30.7 Å². The van der Waals surface area contributed by atoms with Gasteiger partial charge in [-0.25, -0.2) is 0 Å². The normalized spacial score (nSPS) is 20.8. The number of hydrogen-bond donors (Lipinski definition) is 2. The predicted octanol–water partition coefficient (Wildman–Crippen LogP) is 1.89. The first-order valence-electron chi connectivity index (χ1n) is 7.91. The number of piperidine rings is 1. The number of nitrogens with zero attached hydrogens (tertiary/aromatic N) is 1. The molecule has 2 atom stereocenters. The predicted molar refractivity (Wildman–Crippen MR) is 91.0 cm³/mol. The van der Waals surface area contributed by atoms with Crippen LogP contribution in [0.15, 0.2) is 24.3 Å². The molecule has 126 valence electrons. The maximum atomic E-state index is 12.4. The number of carbonyl (C=O) groups excluding carboxylic acids is 2. The van der Waals surface area contributed by atoms with Crippen LogP contribution < -0.4 is 11.1 Å². The molecule has 1 aromatic carbocycles. The highest BCUT2D eigenvalue weighted by Crippen LogP contribution is 2.23. The van der Waals surface area contributed by atoms with E-state index in [1.54, 1.807) is 31.2 Å². The van der Waals surface area contributed by atoms with Crippen LogP contribution in [0.5, 0.6) is 0 Å². The fourth-order valence-electron chi connectivity index (χ4n) is 2.91. The van der Waals surface area contributed by atoms with Gasteiger partial charge in [-0.15, -0.1) is 0 Å². The van der Waals surface area contributed by atoms with E-state index in [2.05, 4.69) is 12.2 Å². The van der Waals surface area contributed by atoms with Gasteiger partial charge < -0.3 is 10.6 Å². The van der Waals surface area contributed by atoms with Gasteiger partial charge in [-0.05, 0) is 43.4 Å². The SMILES string of the molecule is CC1CCCN(C(=O)CNC(C)(C(N)=O)c2cccc(Cl)c2)C1. The molecule has 3 N–H and O–H groups in total. The molecule has 1 aromatic rings. The molecule has 2 amide bonds. The molecule has 0 radical (unpaired) electrons. The van der Waals surface area contributed by atoms with Crippen LogP contribution in [0.1, 0.15) is 32.3 Å². The molecule has 6 heteroatoms. The van der Waals surface area contributed by atoms with Gasteiger partial charge >= 0.3 is 0 Å². The van der Waals surface area contributed by atoms with Crippen LogP contribution in [-0.2, 0) is 15.1 Å². The number of primary amides is 1. The van der Waals surface area contributed by atoms with Gasteiger partial charge in [0.1, 0.15) is 5.54 Å². The molecule has 0 bridgehead atoms. The zero-order valence-corrected chi connectivity index (χ0v) is 14.4. The summed E-state index contributed by atoms with van der Waals surface area (Å²) in [6, 6.07) is 6.95. The van der Waals surface area contributed by atoms with E-state index in [0.29, 0.717) is 16.5 Å². The van der Waals surface area contributed by atoms with E-state index in [4.69, 9.17) is 17.3 Å². The van der Waals surface area contributed by atoms with Crippen molar-refractivity contribution < 1.29 is 9.59 Å². The first-order valence-corrected chi connectivity index (χ1v) is 8.29. The van der Waals surface area contributed by atoms with Crippen LogP contribution in [0, 0.1) is 5.92 Å². The second kappa shape index (κ2) is 7.32. The number of nitrogens with two attached hydrogens (primary N) is 1. The molecule has 23 heavy (non-hydrogen) atoms. The van der Waals surface area contributed by atoms with E-state index >= 15 is 0 Å². The van der Waals surface area contributed by atoms with Crippen molar-refractivity contribution in [2.24, 2.45) is 11.7 Å². The second-order valence-corrected chi connectivity index (χ2v) is 6.88. The van der Waals surface area contributed by atoms with Crippen molar-refractivity contribution in [3.63, 3.8) is 0 Å². The van der Waals surface area contributed by atoms with Gasteiger partial charge in [0.2, 0.25) is 11.8 Å². The summed E-state index contributed by atoms with van der Waals surface area (Å²) in [5, 5.41) is 3.55. The average molecular weight is 338 g/mol. The fourth-order valence-corrected chi connectivity index (χ4v) is 3.10. The number of benzene rings is 1. The van der Waals surface area contributed by atoms with Gasteiger partial charge in [-0.3, -0.25) is 14.9 Å². The highest BCUT2D eigenvalue weighted by Gasteiger charge is 2.34. The summed E-state index contributed by atoms with van der Waals surface area (Å²) < 4.78 is 0. The summed E-state index contributed by atoms with van der Waals surface area (Å²) in [5.41, 5.74) is 5.08. The van der Waals surface area contributed by atoms with Crippen LogP contribution >= 0.6 is 11.6 Å². The fraction of sp³-hybridized carbons (Fsp3) is 0.529. The summed E-state index contributed by atoms with van der Waals surface area (Å²) in [6.45, 7) is 5.43. The van der Waals surface area contributed by atoms with E-state index in [-0.39, 0.29) is 12.5 Å². The Bertz CT molecular complexity index is 593. The minimum Gasteiger partial charge on any atom is -0.368 e. The highest BCUT2D eigenvalue weighted by atomic mass is 35.5. The third-order valence-electron chi connectivity index (χ3n) is 4.50. The lowest BCUT2D eigenvalue weighted by molar-refractivity contribution is -0.133. The largest absolute Gasteiger partial charge is 0.368 e. The number of hydrogen-bond acceptors (Lipinski definition) is 3. The smallest absolute Gasteiger partial charge is 0.242 e. The zero-order chi connectivity index (χ0) is 17.0. The molecule has 0 aliphatic carbocycles. The standard InChI is InChI=1S/C17H24ClN3O2/c1-12-5-4-8-21(11-12)15(22)10-20-17(2,16(19)23)13-6-3-7-14(18)9-13/h3,6-7,9,12,20H,4-5,8,10-11H2,1-2H3,(H2,19,23). The maximum absolute atomic E-state index is 12.4. The Morgan fingerprint density at radius 3 is 2.83 bits per heavy atom. The van der Waals surface area contributed by atoms with Gasteiger partial charge in [0.05, 0.1) is 6.54 Å². The minimum atomic E-state index is -1.14. The minimum absolute atomic E-state index is 0.00828. The quantitative estimate of drug-likeness (QED) is 0.861. The second-order valence-electron chi connectivity index (χ2n) is 6.44. The molecular formula is C17H24ClN3O2. The van der Waals surface area contributed by atoms with Crippen LogP contribution in [0.25, 0.3) is 0 Å². The Morgan fingerprint density at radius 1 is 1.48 bits per heavy atom. The topological polar surface area (TPSA) is 75.4 Å². The zero-order valence-electron chi connectivity index (χ0n) is 13.6. The molecule has 1 saturated heterocycles. The Labute approximate surface area is 142 Å². The lowest BCUT2D eigenvalue weighted by atomic mass is 9.91. The monoisotopic (exact) mass is 337 g/mol. The number of carbonyl (C=O) groups is 2. The van der Waals surface area contributed by atoms with E-state index in [1.165, 1.54) is 0 Å². The van der Waals surface area contributed by atoms with E-state index in [1.807, 2.05) is 4.90 Å². The lowest BCUT2D eigenvalue weighted by Gasteiger charge is -2.33. The third-order valence-corrected chi connectivity index (χ3v) is 4.73. The summed E-state index contributed by atoms with van der Waals surface area (Å²) >= 11 is 6.00. The molecule has 2 rings (SSSR count). The van der Waals surface area contributed by atoms with Crippen molar-refractivity contribution in [2.45, 2.75) is 32.2 Å². The molecule has 5 nitrogen and oxygen atoms in total. The van der Waals surface area contributed by atoms with Crippen molar-refractivity contribution >= 4 is 23.4 Å². The molecule has 0 aromatic heterocycles. The molecular weight excluding hydrogens is 314 g/mol. The molecule has 1 heterocycles. The summed E-state index contributed by atoms with van der Waals surface area (Å²) in [6.07, 6.45) is 2.17. The number of nitrogens with one attached hydrogen (secondary N) is 1. The number of halogens is 1. The molecule has 1 aliphatic rings. The van der Waals surface area contributed by atoms with Gasteiger partial charge in [0.25, 0.3) is 0 Å². The molecule has 1 aliphatic heterocycles. The summed E-state index contributed by atoms with van der Waals surface area (Å²) in [7, 11) is 0. The molecule has 0 saturated carbocycles. The van der Waals surface area contributed by atoms with Crippen LogP contribution in [0.2, 0.25) is 5.02 Å².